The topological polar surface area (TPSA) is 93.2 Å². The van der Waals surface area contributed by atoms with Crippen LogP contribution in [0.15, 0.2) is 90.1 Å². The van der Waals surface area contributed by atoms with Crippen LogP contribution in [0.1, 0.15) is 38.4 Å². The second-order valence-electron chi connectivity index (χ2n) is 8.48. The number of carbonyl (C=O) groups excluding carboxylic acids is 2. The average Bonchev–Trinajstić information content (AvgIpc) is 2.90. The Bertz CT molecular complexity index is 1340. The fourth-order valence-corrected chi connectivity index (χ4v) is 4.55. The number of hydrogen-bond acceptors (Lipinski definition) is 6. The molecule has 2 amide bonds. The first kappa shape index (κ1) is 25.9. The number of aryl methyl sites for hydroxylation is 2. The lowest BCUT2D eigenvalue weighted by Crippen LogP contribution is -2.43. The number of hydrazine groups is 1. The van der Waals surface area contributed by atoms with Crippen LogP contribution in [0, 0.1) is 13.8 Å². The molecule has 4 rings (SSSR count). The van der Waals surface area contributed by atoms with E-state index in [1.54, 1.807) is 23.9 Å². The second-order valence-corrected chi connectivity index (χ2v) is 9.42. The number of rotatable bonds is 9. The van der Waals surface area contributed by atoms with E-state index in [0.29, 0.717) is 23.5 Å². The molecule has 3 aromatic carbocycles. The minimum atomic E-state index is -0.454. The van der Waals surface area contributed by atoms with Gasteiger partial charge in [0.25, 0.3) is 11.8 Å². The molecule has 1 heterocycles. The van der Waals surface area contributed by atoms with Crippen LogP contribution in [0.25, 0.3) is 0 Å². The number of para-hydroxylation sites is 1. The molecule has 0 unspecified atom stereocenters. The van der Waals surface area contributed by atoms with Gasteiger partial charge in [0.1, 0.15) is 5.75 Å². The van der Waals surface area contributed by atoms with Crippen LogP contribution in [0.3, 0.4) is 0 Å². The van der Waals surface area contributed by atoms with Crippen LogP contribution >= 0.6 is 11.8 Å². The summed E-state index contributed by atoms with van der Waals surface area (Å²) in [5.41, 5.74) is 10.3. The van der Waals surface area contributed by atoms with Gasteiger partial charge in [0.15, 0.2) is 11.8 Å². The predicted octanol–water partition coefficient (Wildman–Crippen LogP) is 4.82. The first-order chi connectivity index (χ1) is 18.0. The molecule has 37 heavy (non-hydrogen) atoms. The van der Waals surface area contributed by atoms with Gasteiger partial charge in [0.2, 0.25) is 0 Å². The zero-order chi connectivity index (χ0) is 26.0. The maximum absolute atomic E-state index is 12.5. The Kier molecular flexibility index (Phi) is 8.89. The first-order valence-corrected chi connectivity index (χ1v) is 12.8. The van der Waals surface area contributed by atoms with Gasteiger partial charge in [0, 0.05) is 29.1 Å². The quantitative estimate of drug-likeness (QED) is 0.190. The van der Waals surface area contributed by atoms with Crippen molar-refractivity contribution in [3.05, 3.63) is 119 Å². The van der Waals surface area contributed by atoms with Crippen molar-refractivity contribution < 1.29 is 14.3 Å². The molecule has 2 N–H and O–H groups in total. The Labute approximate surface area is 220 Å². The number of benzene rings is 3. The molecule has 0 fully saturated rings. The molecule has 0 aliphatic rings. The molecular weight excluding hydrogens is 484 g/mol. The van der Waals surface area contributed by atoms with Gasteiger partial charge in [-0.1, -0.05) is 72.4 Å². The Hall–Kier alpha value is -4.17. The fraction of sp³-hybridized carbons (Fsp3) is 0.172. The van der Waals surface area contributed by atoms with E-state index < -0.39 is 11.8 Å². The zero-order valence-electron chi connectivity index (χ0n) is 20.7. The molecule has 7 nitrogen and oxygen atoms in total. The number of ether oxygens (including phenoxy) is 1. The molecule has 0 atom stereocenters. The van der Waals surface area contributed by atoms with Crippen LogP contribution in [0.4, 0.5) is 0 Å². The molecule has 4 aromatic rings. The summed E-state index contributed by atoms with van der Waals surface area (Å²) in [4.78, 5) is 33.6. The Morgan fingerprint density at radius 1 is 0.811 bits per heavy atom. The van der Waals surface area contributed by atoms with Crippen molar-refractivity contribution in [2.24, 2.45) is 0 Å². The van der Waals surface area contributed by atoms with Crippen molar-refractivity contribution in [3.63, 3.8) is 0 Å². The number of aromatic nitrogens is 2. The summed E-state index contributed by atoms with van der Waals surface area (Å²) in [5.74, 6) is 0.455. The number of hydrogen-bond donors (Lipinski definition) is 2. The maximum Gasteiger partial charge on any atom is 0.276 e. The van der Waals surface area contributed by atoms with Crippen molar-refractivity contribution in [2.75, 3.05) is 6.61 Å². The highest BCUT2D eigenvalue weighted by Gasteiger charge is 2.10. The Morgan fingerprint density at radius 2 is 1.49 bits per heavy atom. The van der Waals surface area contributed by atoms with E-state index in [9.17, 15) is 9.59 Å². The molecule has 0 radical (unpaired) electrons. The van der Waals surface area contributed by atoms with Gasteiger partial charge in [-0.05, 0) is 54.8 Å². The highest BCUT2D eigenvalue weighted by molar-refractivity contribution is 7.98. The second kappa shape index (κ2) is 12.7. The Morgan fingerprint density at radius 3 is 2.22 bits per heavy atom. The summed E-state index contributed by atoms with van der Waals surface area (Å²) in [5, 5.41) is 0.729. The normalized spacial score (nSPS) is 10.5. The third-order valence-electron chi connectivity index (χ3n) is 5.43. The first-order valence-electron chi connectivity index (χ1n) is 11.8. The van der Waals surface area contributed by atoms with Gasteiger partial charge < -0.3 is 4.74 Å². The molecule has 188 valence electrons. The minimum Gasteiger partial charge on any atom is -0.483 e. The highest BCUT2D eigenvalue weighted by Crippen LogP contribution is 2.22. The van der Waals surface area contributed by atoms with E-state index in [0.717, 1.165) is 33.2 Å². The molecule has 0 saturated heterocycles. The van der Waals surface area contributed by atoms with Gasteiger partial charge in [-0.25, -0.2) is 9.97 Å². The molecule has 0 aliphatic carbocycles. The van der Waals surface area contributed by atoms with Crippen LogP contribution in [0.2, 0.25) is 0 Å². The largest absolute Gasteiger partial charge is 0.483 e. The van der Waals surface area contributed by atoms with E-state index in [1.165, 1.54) is 0 Å². The van der Waals surface area contributed by atoms with Gasteiger partial charge in [-0.2, -0.15) is 0 Å². The van der Waals surface area contributed by atoms with Crippen molar-refractivity contribution >= 4 is 23.6 Å². The van der Waals surface area contributed by atoms with Gasteiger partial charge >= 0.3 is 0 Å². The molecular formula is C29H28N4O3S. The third kappa shape index (κ3) is 7.91. The summed E-state index contributed by atoms with van der Waals surface area (Å²) in [6.45, 7) is 3.67. The average molecular weight is 513 g/mol. The Balaban J connectivity index is 1.23. The van der Waals surface area contributed by atoms with Crippen molar-refractivity contribution in [1.82, 2.24) is 20.8 Å². The third-order valence-corrected chi connectivity index (χ3v) is 6.35. The van der Waals surface area contributed by atoms with E-state index in [4.69, 9.17) is 4.74 Å². The summed E-state index contributed by atoms with van der Waals surface area (Å²) in [6.07, 6.45) is 0.696. The number of thioether (sulfide) groups is 1. The molecule has 0 spiro atoms. The summed E-state index contributed by atoms with van der Waals surface area (Å²) < 4.78 is 5.73. The van der Waals surface area contributed by atoms with E-state index in [-0.39, 0.29) is 6.61 Å². The lowest BCUT2D eigenvalue weighted by Gasteiger charge is -2.12. The number of nitrogens with zero attached hydrogens (tertiary/aromatic N) is 2. The summed E-state index contributed by atoms with van der Waals surface area (Å²) >= 11 is 1.54. The maximum atomic E-state index is 12.5. The predicted molar refractivity (Wildman–Crippen MR) is 144 cm³/mol. The van der Waals surface area contributed by atoms with E-state index >= 15 is 0 Å². The number of carbonyl (C=O) groups is 2. The SMILES string of the molecule is Cc1cc(C)nc(SCc2ccc(C(=O)NNC(=O)COc3ccccc3Cc3ccccc3)cc2)n1. The van der Waals surface area contributed by atoms with Crippen molar-refractivity contribution in [3.8, 4) is 5.75 Å². The van der Waals surface area contributed by atoms with Crippen LogP contribution in [-0.2, 0) is 17.0 Å². The van der Waals surface area contributed by atoms with E-state index in [2.05, 4.69) is 20.8 Å². The van der Waals surface area contributed by atoms with Crippen LogP contribution in [0.5, 0.6) is 5.75 Å². The minimum absolute atomic E-state index is 0.219. The van der Waals surface area contributed by atoms with Gasteiger partial charge in [-0.15, -0.1) is 0 Å². The van der Waals surface area contributed by atoms with Crippen molar-refractivity contribution in [2.45, 2.75) is 31.2 Å². The van der Waals surface area contributed by atoms with Crippen LogP contribution < -0.4 is 15.6 Å². The highest BCUT2D eigenvalue weighted by atomic mass is 32.2. The molecule has 0 bridgehead atoms. The summed E-state index contributed by atoms with van der Waals surface area (Å²) in [6, 6.07) is 26.8. The molecule has 1 aromatic heterocycles. The summed E-state index contributed by atoms with van der Waals surface area (Å²) in [7, 11) is 0. The lowest BCUT2D eigenvalue weighted by atomic mass is 10.0. The number of amides is 2. The fourth-order valence-electron chi connectivity index (χ4n) is 3.64. The van der Waals surface area contributed by atoms with E-state index in [1.807, 2.05) is 86.6 Å². The lowest BCUT2D eigenvalue weighted by molar-refractivity contribution is -0.123. The molecule has 0 aliphatic heterocycles. The van der Waals surface area contributed by atoms with Crippen molar-refractivity contribution in [1.29, 1.82) is 0 Å². The number of nitrogens with one attached hydrogen (secondary N) is 2. The molecule has 8 heteroatoms. The monoisotopic (exact) mass is 512 g/mol. The molecule has 0 saturated carbocycles. The van der Waals surface area contributed by atoms with Gasteiger partial charge in [-0.3, -0.25) is 20.4 Å². The zero-order valence-corrected chi connectivity index (χ0v) is 21.5. The van der Waals surface area contributed by atoms with Crippen LogP contribution in [-0.4, -0.2) is 28.4 Å². The van der Waals surface area contributed by atoms with Gasteiger partial charge in [0.05, 0.1) is 0 Å². The standard InChI is InChI=1S/C29H28N4O3S/c1-20-16-21(2)31-29(30-20)37-19-23-12-14-24(15-13-23)28(35)33-32-27(34)18-36-26-11-7-6-10-25(26)17-22-8-4-3-5-9-22/h3-16H,17-19H2,1-2H3,(H,32,34)(H,33,35). The smallest absolute Gasteiger partial charge is 0.276 e.